The number of amides is 3. The van der Waals surface area contributed by atoms with Gasteiger partial charge in [-0.2, -0.15) is 4.98 Å². The summed E-state index contributed by atoms with van der Waals surface area (Å²) in [4.78, 5) is 115. The number of aromatic hydroxyl groups is 1. The highest BCUT2D eigenvalue weighted by Gasteiger charge is 2.53. The highest BCUT2D eigenvalue weighted by atomic mass is 35.5. The fraction of sp³-hybridized carbons (Fsp3) is 0.606. The van der Waals surface area contributed by atoms with Crippen LogP contribution in [0.15, 0.2) is 108 Å². The van der Waals surface area contributed by atoms with Crippen molar-refractivity contribution < 1.29 is 71.5 Å². The van der Waals surface area contributed by atoms with Gasteiger partial charge in [-0.1, -0.05) is 106 Å². The third kappa shape index (κ3) is 29.2. The molecule has 10 fully saturated rings. The van der Waals surface area contributed by atoms with Gasteiger partial charge in [-0.15, -0.1) is 4.72 Å². The van der Waals surface area contributed by atoms with Gasteiger partial charge < -0.3 is 118 Å². The zero-order valence-electron chi connectivity index (χ0n) is 84.6. The first-order chi connectivity index (χ1) is 68.5. The van der Waals surface area contributed by atoms with E-state index in [0.717, 1.165) is 119 Å². The van der Waals surface area contributed by atoms with Gasteiger partial charge in [0.15, 0.2) is 29.0 Å². The van der Waals surface area contributed by atoms with Crippen molar-refractivity contribution in [2.24, 2.45) is 38.5 Å². The van der Waals surface area contributed by atoms with E-state index in [1.54, 1.807) is 52.5 Å². The van der Waals surface area contributed by atoms with Crippen molar-refractivity contribution in [1.29, 1.82) is 0 Å². The lowest BCUT2D eigenvalue weighted by atomic mass is 9.74. The van der Waals surface area contributed by atoms with E-state index in [4.69, 9.17) is 124 Å². The number of hydrogen-bond donors (Lipinski definition) is 11. The van der Waals surface area contributed by atoms with Gasteiger partial charge in [-0.25, -0.2) is 44.3 Å². The number of ether oxygens (including phenoxy) is 8. The molecule has 4 aromatic heterocycles. The minimum Gasteiger partial charge on any atom is -0.598 e. The van der Waals surface area contributed by atoms with Crippen LogP contribution >= 0.6 is 81.7 Å². The highest BCUT2D eigenvalue weighted by molar-refractivity contribution is 8.00. The minimum atomic E-state index is -1.12. The normalized spacial score (nSPS) is 21.4. The number of piperidine rings is 5. The summed E-state index contributed by atoms with van der Waals surface area (Å²) >= 11 is 27.5. The van der Waals surface area contributed by atoms with Gasteiger partial charge in [0.05, 0.1) is 122 Å². The molecule has 0 aliphatic carbocycles. The number of benzene rings is 3. The van der Waals surface area contributed by atoms with Crippen LogP contribution in [0.3, 0.4) is 0 Å². The Bertz CT molecular complexity index is 5750. The molecule has 5 atom stereocenters. The first-order valence-corrected chi connectivity index (χ1v) is 54.1. The first-order valence-electron chi connectivity index (χ1n) is 49.0. The molecule has 3 aromatic carbocycles. The molecule has 0 radical (unpaired) electrons. The van der Waals surface area contributed by atoms with Gasteiger partial charge in [0.25, 0.3) is 5.56 Å². The second-order valence-electron chi connectivity index (χ2n) is 42.6. The quantitative estimate of drug-likeness (QED) is 0.0208. The molecule has 18 N–H and O–H groups in total. The Hall–Kier alpha value is -8.51. The molecular formula is C99H140Cl4N22O16S4. The molecule has 10 saturated heterocycles. The zero-order chi connectivity index (χ0) is 105. The number of halogens is 4. The number of carbonyl (C=O) groups excluding carboxylic acids is 5. The topological polar surface area (TPSA) is 546 Å². The van der Waals surface area contributed by atoms with Crippen molar-refractivity contribution in [3.8, 4) is 5.88 Å². The fourth-order valence-electron chi connectivity index (χ4n) is 19.0. The maximum absolute atomic E-state index is 13.2. The maximum atomic E-state index is 13.2. The van der Waals surface area contributed by atoms with E-state index in [1.807, 2.05) is 107 Å². The van der Waals surface area contributed by atoms with Gasteiger partial charge in [0, 0.05) is 132 Å². The van der Waals surface area contributed by atoms with Gasteiger partial charge in [-0.05, 0) is 209 Å². The molecule has 38 nitrogen and oxygen atoms in total. The number of ketones is 2. The Labute approximate surface area is 883 Å². The predicted octanol–water partition coefficient (Wildman–Crippen LogP) is 13.7. The Morgan fingerprint density at radius 2 is 0.959 bits per heavy atom. The van der Waals surface area contributed by atoms with Crippen LogP contribution < -0.4 is 70.9 Å². The van der Waals surface area contributed by atoms with Crippen LogP contribution in [-0.4, -0.2) is 266 Å². The number of fused-ring (bicyclic) bond motifs is 1. The van der Waals surface area contributed by atoms with Gasteiger partial charge in [-0.3, -0.25) is 19.0 Å². The number of likely N-dealkylation sites (tertiary alicyclic amines) is 2. The maximum Gasteiger partial charge on any atom is 0.410 e. The van der Waals surface area contributed by atoms with Crippen LogP contribution in [-0.2, 0) is 73.4 Å². The standard InChI is InChI=1S/C28H32ClN7O4S.C23H31ClN6O3S.C17H32N2O4S.C13H21NO4.C10H8Cl2N4S.C8H16N2O/c29-23-16(12-17(37)22-25(38)34-20-6-1-2-9-36(20)27(22)39)4-3-5-18(23)41-26-24(31)33-21(13-32-26)35-10-7-28(8-11-35)15-40-14-19(28)30;1-22(2,3)33-21(31)28-16-12-32-13-23(16)7-9-30(10-8-23)17-11-27-20(19(26)29-17)34-15-6-4-5-14(25)18(15)24;1-15(2,3)23-14(20)19-9-7-17(8-10-19)12-22-11-13(17)18-24(21)16(4,5)6;1-12(2,3)18-11(16)14-6-4-13(5-7-14)9-17-8-10(13)15;11-7-4-15-10(9(14)16-7)17-6-3-1-2-5(13)8(6)12;9-7-5-11-6-8(7)1-3-10-4-2-8/h3-5,13,19,38H,1-2,6-12,14-15,30H2,(H2,31,33);4-6,11,16H,7-10,12-13,25H2,1-3H3,(H2,26,29)(H,28,31);13,18H,7-12H2,1-6H3;4-9H2,1-3H3;1-4H,13H2,(H2,14,16);7,10H,1-6,9H2/t19-;16-;13-,24?;;;7-/m111..1/s1. The summed E-state index contributed by atoms with van der Waals surface area (Å²) in [5.41, 5.74) is 41.2. The van der Waals surface area contributed by atoms with Gasteiger partial charge >= 0.3 is 18.3 Å². The van der Waals surface area contributed by atoms with Crippen molar-refractivity contribution in [2.45, 2.75) is 255 Å². The molecule has 5 spiro atoms. The van der Waals surface area contributed by atoms with Crippen molar-refractivity contribution in [3.05, 3.63) is 121 Å². The van der Waals surface area contributed by atoms with E-state index in [1.165, 1.54) is 58.9 Å². The van der Waals surface area contributed by atoms with Crippen LogP contribution in [0.25, 0.3) is 0 Å². The summed E-state index contributed by atoms with van der Waals surface area (Å²) in [7, 11) is 0. The number of aromatic nitrogens is 8. The number of rotatable bonds is 14. The lowest BCUT2D eigenvalue weighted by molar-refractivity contribution is -0.126. The van der Waals surface area contributed by atoms with E-state index in [0.29, 0.717) is 173 Å². The van der Waals surface area contributed by atoms with Crippen molar-refractivity contribution >= 4 is 163 Å². The van der Waals surface area contributed by atoms with Crippen LogP contribution in [0, 0.1) is 27.1 Å². The Balaban J connectivity index is 0.000000153. The Kier molecular flexibility index (Phi) is 38.1. The van der Waals surface area contributed by atoms with Crippen LogP contribution in [0.5, 0.6) is 5.88 Å². The molecule has 0 bridgehead atoms. The Morgan fingerprint density at radius 3 is 1.42 bits per heavy atom. The number of nitrogens with zero attached hydrogens (tertiary/aromatic N) is 12. The SMILES string of the molecule is CC(C)(C)OC(=O)N1CCC2(CC1)COCC2=O.CC(C)(C)OC(=O)N1CCC2(CC1)COC[C@H]2N[S+]([O-])C(C)(C)C.CC(C)(C)OC(=O)N[C@@H]1COCC12CCN(c1cnc(Sc3cccc(N)c3Cl)c(N)n1)CC2.N[C@@H]1COCC12CCNCC2.Nc1cccc(Sc2ncc(Cl)nc2N)c1Cl.Nc1nc(N2CCC3(CC2)COC[C@H]3N)cnc1Sc1cccc(CC(=O)c2c(O)nc3n(c2=O)CCCC3)c1Cl. The highest BCUT2D eigenvalue weighted by Crippen LogP contribution is 2.48. The van der Waals surface area contributed by atoms with E-state index in [2.05, 4.69) is 60.0 Å². The number of alkyl carbamates (subject to hydrolysis) is 1. The molecule has 3 amide bonds. The van der Waals surface area contributed by atoms with E-state index in [9.17, 15) is 38.4 Å². The molecule has 7 aromatic rings. The summed E-state index contributed by atoms with van der Waals surface area (Å²) in [5.74, 6) is 1.96. The largest absolute Gasteiger partial charge is 0.598 e. The number of nitrogen functional groups attached to an aromatic ring is 5. The minimum absolute atomic E-state index is 0.0394. The van der Waals surface area contributed by atoms with Gasteiger partial charge in [0.1, 0.15) is 71.4 Å². The number of anilines is 7. The number of hydrogen-bond acceptors (Lipinski definition) is 37. The number of nitrogens with two attached hydrogens (primary N) is 7. The molecule has 11 aliphatic rings. The Morgan fingerprint density at radius 1 is 0.524 bits per heavy atom. The summed E-state index contributed by atoms with van der Waals surface area (Å²) in [6.07, 6.45) is 15.1. The zero-order valence-corrected chi connectivity index (χ0v) is 90.9. The second-order valence-corrected chi connectivity index (χ2v) is 49.3. The molecule has 46 heteroatoms. The fourth-order valence-corrected chi connectivity index (χ4v) is 23.3. The predicted molar refractivity (Wildman–Crippen MR) is 565 cm³/mol. The number of Topliss-reactive ketones (excluding diaryl/α,β-unsaturated/α-hetero) is 2. The van der Waals surface area contributed by atoms with Crippen LogP contribution in [0.1, 0.15) is 182 Å². The molecule has 11 aliphatic heterocycles. The summed E-state index contributed by atoms with van der Waals surface area (Å²) < 4.78 is 60.9. The molecule has 0 saturated carbocycles. The van der Waals surface area contributed by atoms with E-state index >= 15 is 0 Å². The molecule has 794 valence electrons. The summed E-state index contributed by atoms with van der Waals surface area (Å²) in [6.45, 7) is 37.0. The average Bonchev–Trinajstić information content (AvgIpc) is 1.66. The lowest BCUT2D eigenvalue weighted by Gasteiger charge is -2.42. The number of aryl methyl sites for hydroxylation is 1. The second kappa shape index (κ2) is 48.6. The average molecular weight is 2160 g/mol. The summed E-state index contributed by atoms with van der Waals surface area (Å²) in [5, 5.41) is 19.9. The van der Waals surface area contributed by atoms with Crippen LogP contribution in [0.2, 0.25) is 20.2 Å². The third-order valence-electron chi connectivity index (χ3n) is 27.8. The molecule has 15 heterocycles. The number of carbonyl (C=O) groups is 5. The molecule has 1 unspecified atom stereocenters. The monoisotopic (exact) mass is 2160 g/mol. The summed E-state index contributed by atoms with van der Waals surface area (Å²) in [6, 6.07) is 16.4. The number of nitrogens with one attached hydrogen (secondary N) is 3. The van der Waals surface area contributed by atoms with Crippen molar-refractivity contribution in [3.63, 3.8) is 0 Å². The van der Waals surface area contributed by atoms with E-state index in [-0.39, 0.29) is 104 Å². The first kappa shape index (κ1) is 114. The van der Waals surface area contributed by atoms with Gasteiger partial charge in [0.2, 0.25) is 5.88 Å². The third-order valence-corrected chi connectivity index (χ3v) is 34.4. The molecule has 18 rings (SSSR count). The van der Waals surface area contributed by atoms with E-state index < -0.39 is 51.5 Å². The molecule has 145 heavy (non-hydrogen) atoms. The molecular weight excluding hydrogens is 2020 g/mol. The van der Waals surface area contributed by atoms with Crippen molar-refractivity contribution in [1.82, 2.24) is 64.6 Å². The van der Waals surface area contributed by atoms with Crippen LogP contribution in [0.4, 0.5) is 54.8 Å². The lowest BCUT2D eigenvalue weighted by Crippen LogP contribution is -2.55. The smallest absolute Gasteiger partial charge is 0.410 e. The van der Waals surface area contributed by atoms with Crippen molar-refractivity contribution in [2.75, 3.05) is 170 Å².